The van der Waals surface area contributed by atoms with Gasteiger partial charge in [-0.05, 0) is 29.8 Å². The fourth-order valence-electron chi connectivity index (χ4n) is 1.94. The summed E-state index contributed by atoms with van der Waals surface area (Å²) in [6, 6.07) is 13.4. The second kappa shape index (κ2) is 7.20. The van der Waals surface area contributed by atoms with Gasteiger partial charge in [0.25, 0.3) is 5.91 Å². The summed E-state index contributed by atoms with van der Waals surface area (Å²) in [7, 11) is 0. The van der Waals surface area contributed by atoms with Crippen LogP contribution in [0.5, 0.6) is 0 Å². The molecule has 0 spiro atoms. The van der Waals surface area contributed by atoms with Crippen LogP contribution in [-0.4, -0.2) is 28.1 Å². The fourth-order valence-corrected chi connectivity index (χ4v) is 2.21. The zero-order valence-corrected chi connectivity index (χ0v) is 13.0. The van der Waals surface area contributed by atoms with E-state index in [1.165, 1.54) is 0 Å². The summed E-state index contributed by atoms with van der Waals surface area (Å²) in [4.78, 5) is 23.5. The Bertz CT molecular complexity index is 658. The molecule has 2 aromatic carbocycles. The average molecular weight is 364 g/mol. The van der Waals surface area contributed by atoms with Crippen LogP contribution in [0.15, 0.2) is 59.1 Å². The van der Waals surface area contributed by atoms with E-state index < -0.39 is 24.0 Å². The number of hydrogen-bond donors (Lipinski definition) is 3. The lowest BCUT2D eigenvalue weighted by molar-refractivity contribution is -0.142. The summed E-state index contributed by atoms with van der Waals surface area (Å²) < 4.78 is 0.808. The van der Waals surface area contributed by atoms with Gasteiger partial charge in [0.1, 0.15) is 6.10 Å². The van der Waals surface area contributed by atoms with E-state index in [1.54, 1.807) is 54.6 Å². The number of carboxylic acid groups (broad SMARTS) is 1. The monoisotopic (exact) mass is 363 g/mol. The molecule has 0 radical (unpaired) electrons. The first-order chi connectivity index (χ1) is 10.5. The molecular weight excluding hydrogens is 350 g/mol. The van der Waals surface area contributed by atoms with Gasteiger partial charge >= 0.3 is 5.97 Å². The minimum Gasteiger partial charge on any atom is -0.480 e. The summed E-state index contributed by atoms with van der Waals surface area (Å²) in [5.74, 6) is -1.86. The molecule has 0 unspecified atom stereocenters. The summed E-state index contributed by atoms with van der Waals surface area (Å²) in [6.45, 7) is 0. The molecule has 2 rings (SSSR count). The van der Waals surface area contributed by atoms with E-state index in [0.717, 1.165) is 4.47 Å². The molecule has 3 N–H and O–H groups in total. The molecule has 0 aliphatic rings. The Balaban J connectivity index is 2.17. The van der Waals surface area contributed by atoms with Gasteiger partial charge in [-0.1, -0.05) is 46.3 Å². The van der Waals surface area contributed by atoms with Crippen molar-refractivity contribution in [1.29, 1.82) is 0 Å². The van der Waals surface area contributed by atoms with Gasteiger partial charge in [-0.2, -0.15) is 0 Å². The Morgan fingerprint density at radius 3 is 2.14 bits per heavy atom. The fraction of sp³-hybridized carbons (Fsp3) is 0.125. The molecule has 114 valence electrons. The number of benzene rings is 2. The maximum atomic E-state index is 12.1. The largest absolute Gasteiger partial charge is 0.480 e. The topological polar surface area (TPSA) is 86.6 Å². The summed E-state index contributed by atoms with van der Waals surface area (Å²) in [5, 5.41) is 21.8. The molecule has 6 heteroatoms. The van der Waals surface area contributed by atoms with E-state index in [0.29, 0.717) is 11.1 Å². The smallest absolute Gasteiger partial charge is 0.329 e. The summed E-state index contributed by atoms with van der Waals surface area (Å²) >= 11 is 3.26. The number of halogens is 1. The first-order valence-corrected chi connectivity index (χ1v) is 7.30. The number of carboxylic acids is 1. The number of amides is 1. The number of hydrogen-bond acceptors (Lipinski definition) is 3. The predicted octanol–water partition coefficient (Wildman–Crippen LogP) is 2.37. The maximum absolute atomic E-state index is 12.1. The van der Waals surface area contributed by atoms with Crippen molar-refractivity contribution < 1.29 is 19.8 Å². The van der Waals surface area contributed by atoms with Gasteiger partial charge in [0.2, 0.25) is 0 Å². The van der Waals surface area contributed by atoms with Crippen molar-refractivity contribution in [3.8, 4) is 0 Å². The summed E-state index contributed by atoms with van der Waals surface area (Å²) in [5.41, 5.74) is 0.737. The van der Waals surface area contributed by atoms with Gasteiger partial charge in [-0.25, -0.2) is 4.79 Å². The molecule has 0 fully saturated rings. The molecule has 1 amide bonds. The second-order valence-corrected chi connectivity index (χ2v) is 5.57. The van der Waals surface area contributed by atoms with Crippen molar-refractivity contribution >= 4 is 27.8 Å². The van der Waals surface area contributed by atoms with Gasteiger partial charge in [-0.3, -0.25) is 4.79 Å². The van der Waals surface area contributed by atoms with Gasteiger partial charge in [0.05, 0.1) is 0 Å². The maximum Gasteiger partial charge on any atom is 0.329 e. The highest BCUT2D eigenvalue weighted by molar-refractivity contribution is 9.10. The van der Waals surface area contributed by atoms with Crippen LogP contribution in [0.25, 0.3) is 0 Å². The second-order valence-electron chi connectivity index (χ2n) is 4.65. The van der Waals surface area contributed by atoms with Crippen LogP contribution in [0.3, 0.4) is 0 Å². The molecular formula is C16H14BrNO4. The number of carbonyl (C=O) groups excluding carboxylic acids is 1. The van der Waals surface area contributed by atoms with Crippen molar-refractivity contribution in [2.45, 2.75) is 12.1 Å². The first-order valence-electron chi connectivity index (χ1n) is 6.51. The van der Waals surface area contributed by atoms with E-state index >= 15 is 0 Å². The Morgan fingerprint density at radius 1 is 1.00 bits per heavy atom. The van der Waals surface area contributed by atoms with Gasteiger partial charge in [0, 0.05) is 10.0 Å². The van der Waals surface area contributed by atoms with E-state index in [2.05, 4.69) is 21.2 Å². The van der Waals surface area contributed by atoms with Crippen LogP contribution in [0, 0.1) is 0 Å². The third-order valence-electron chi connectivity index (χ3n) is 3.12. The van der Waals surface area contributed by atoms with Gasteiger partial charge in [0.15, 0.2) is 6.04 Å². The number of aliphatic hydroxyl groups is 1. The third kappa shape index (κ3) is 3.93. The molecule has 2 atom stereocenters. The van der Waals surface area contributed by atoms with Crippen LogP contribution >= 0.6 is 15.9 Å². The molecule has 0 saturated heterocycles. The number of nitrogens with one attached hydrogen (secondary N) is 1. The van der Waals surface area contributed by atoms with E-state index in [-0.39, 0.29) is 0 Å². The Kier molecular flexibility index (Phi) is 5.30. The SMILES string of the molecule is O=C(N[C@H](C(=O)O)[C@@H](O)c1ccccc1)c1ccc(Br)cc1. The van der Waals surface area contributed by atoms with E-state index in [4.69, 9.17) is 0 Å². The van der Waals surface area contributed by atoms with E-state index in [9.17, 15) is 19.8 Å². The van der Waals surface area contributed by atoms with Crippen molar-refractivity contribution in [2.24, 2.45) is 0 Å². The first kappa shape index (κ1) is 16.2. The Hall–Kier alpha value is -2.18. The lowest BCUT2D eigenvalue weighted by atomic mass is 10.0. The highest BCUT2D eigenvalue weighted by Gasteiger charge is 2.29. The minimum atomic E-state index is -1.43. The molecule has 0 aromatic heterocycles. The van der Waals surface area contributed by atoms with Crippen LogP contribution in [-0.2, 0) is 4.79 Å². The van der Waals surface area contributed by atoms with Crippen molar-refractivity contribution in [3.05, 3.63) is 70.2 Å². The zero-order chi connectivity index (χ0) is 16.1. The van der Waals surface area contributed by atoms with Crippen LogP contribution in [0.1, 0.15) is 22.0 Å². The predicted molar refractivity (Wildman–Crippen MR) is 84.4 cm³/mol. The highest BCUT2D eigenvalue weighted by Crippen LogP contribution is 2.17. The van der Waals surface area contributed by atoms with Gasteiger partial charge < -0.3 is 15.5 Å². The molecule has 0 aliphatic heterocycles. The van der Waals surface area contributed by atoms with Crippen molar-refractivity contribution in [2.75, 3.05) is 0 Å². The standard InChI is InChI=1S/C16H14BrNO4/c17-12-8-6-11(7-9-12)15(20)18-13(16(21)22)14(19)10-4-2-1-3-5-10/h1-9,13-14,19H,(H,18,20)(H,21,22)/t13-,14-/m0/s1. The highest BCUT2D eigenvalue weighted by atomic mass is 79.9. The lowest BCUT2D eigenvalue weighted by Gasteiger charge is -2.20. The number of carbonyl (C=O) groups is 2. The molecule has 22 heavy (non-hydrogen) atoms. The number of aliphatic carboxylic acids is 1. The van der Waals surface area contributed by atoms with E-state index in [1.807, 2.05) is 0 Å². The Morgan fingerprint density at radius 2 is 1.59 bits per heavy atom. The molecule has 0 heterocycles. The van der Waals surface area contributed by atoms with Crippen LogP contribution in [0.4, 0.5) is 0 Å². The summed E-state index contributed by atoms with van der Waals surface area (Å²) in [6.07, 6.45) is -1.34. The normalized spacial score (nSPS) is 13.2. The van der Waals surface area contributed by atoms with Crippen LogP contribution in [0.2, 0.25) is 0 Å². The number of aliphatic hydroxyl groups excluding tert-OH is 1. The molecule has 5 nitrogen and oxygen atoms in total. The number of rotatable bonds is 5. The molecule has 2 aromatic rings. The molecule has 0 aliphatic carbocycles. The third-order valence-corrected chi connectivity index (χ3v) is 3.64. The lowest BCUT2D eigenvalue weighted by Crippen LogP contribution is -2.45. The van der Waals surface area contributed by atoms with Gasteiger partial charge in [-0.15, -0.1) is 0 Å². The molecule has 0 bridgehead atoms. The average Bonchev–Trinajstić information content (AvgIpc) is 2.53. The van der Waals surface area contributed by atoms with Crippen molar-refractivity contribution in [3.63, 3.8) is 0 Å². The van der Waals surface area contributed by atoms with Crippen LogP contribution < -0.4 is 5.32 Å². The zero-order valence-electron chi connectivity index (χ0n) is 11.4. The molecule has 0 saturated carbocycles. The Labute approximate surface area is 135 Å². The van der Waals surface area contributed by atoms with Crippen molar-refractivity contribution in [1.82, 2.24) is 5.32 Å². The quantitative estimate of drug-likeness (QED) is 0.760. The minimum absolute atomic E-state index is 0.315.